The zero-order chi connectivity index (χ0) is 12.9. The standard InChI is InChI=1S/C14H27N3/c1-5-17(4)10-8-13-7-6-9-14(13,11-15)16-12(2)3/h12-13,16H,5-10H2,1-4H3. The first-order valence-electron chi connectivity index (χ1n) is 6.91. The largest absolute Gasteiger partial charge is 0.307 e. The van der Waals surface area contributed by atoms with Crippen molar-refractivity contribution in [1.82, 2.24) is 10.2 Å². The predicted molar refractivity (Wildman–Crippen MR) is 71.7 cm³/mol. The van der Waals surface area contributed by atoms with Crippen LogP contribution in [-0.2, 0) is 0 Å². The van der Waals surface area contributed by atoms with E-state index in [1.807, 2.05) is 0 Å². The zero-order valence-corrected chi connectivity index (χ0v) is 11.8. The number of hydrogen-bond acceptors (Lipinski definition) is 3. The van der Waals surface area contributed by atoms with Crippen LogP contribution in [0.3, 0.4) is 0 Å². The van der Waals surface area contributed by atoms with E-state index >= 15 is 0 Å². The highest BCUT2D eigenvalue weighted by Crippen LogP contribution is 2.38. The minimum Gasteiger partial charge on any atom is -0.307 e. The van der Waals surface area contributed by atoms with Crippen LogP contribution >= 0.6 is 0 Å². The Kier molecular flexibility index (Phi) is 5.42. The van der Waals surface area contributed by atoms with Crippen LogP contribution < -0.4 is 5.32 Å². The van der Waals surface area contributed by atoms with Gasteiger partial charge in [-0.05, 0) is 59.2 Å². The molecule has 1 fully saturated rings. The molecule has 3 nitrogen and oxygen atoms in total. The van der Waals surface area contributed by atoms with Crippen molar-refractivity contribution in [2.75, 3.05) is 20.1 Å². The summed E-state index contributed by atoms with van der Waals surface area (Å²) in [6.45, 7) is 8.63. The molecule has 1 aliphatic carbocycles. The maximum atomic E-state index is 9.53. The second kappa shape index (κ2) is 6.37. The van der Waals surface area contributed by atoms with E-state index in [0.29, 0.717) is 12.0 Å². The summed E-state index contributed by atoms with van der Waals surface area (Å²) in [5, 5.41) is 13.0. The van der Waals surface area contributed by atoms with Crippen LogP contribution in [-0.4, -0.2) is 36.6 Å². The Labute approximate surface area is 106 Å². The topological polar surface area (TPSA) is 39.1 Å². The highest BCUT2D eigenvalue weighted by Gasteiger charge is 2.42. The quantitative estimate of drug-likeness (QED) is 0.771. The molecule has 0 spiro atoms. The van der Waals surface area contributed by atoms with Gasteiger partial charge in [-0.25, -0.2) is 0 Å². The van der Waals surface area contributed by atoms with Crippen molar-refractivity contribution >= 4 is 0 Å². The fourth-order valence-electron chi connectivity index (χ4n) is 2.89. The van der Waals surface area contributed by atoms with Crippen LogP contribution in [0.4, 0.5) is 0 Å². The molecule has 0 heterocycles. The molecule has 0 aromatic carbocycles. The van der Waals surface area contributed by atoms with Gasteiger partial charge in [-0.15, -0.1) is 0 Å². The summed E-state index contributed by atoms with van der Waals surface area (Å²) >= 11 is 0. The second-order valence-electron chi connectivity index (χ2n) is 5.66. The summed E-state index contributed by atoms with van der Waals surface area (Å²) in [5.74, 6) is 0.518. The van der Waals surface area contributed by atoms with Crippen molar-refractivity contribution in [3.8, 4) is 6.07 Å². The third kappa shape index (κ3) is 3.69. The molecule has 0 radical (unpaired) electrons. The summed E-state index contributed by atoms with van der Waals surface area (Å²) in [6, 6.07) is 2.96. The summed E-state index contributed by atoms with van der Waals surface area (Å²) in [6.07, 6.45) is 4.54. The lowest BCUT2D eigenvalue weighted by Crippen LogP contribution is -2.50. The number of nitriles is 1. The van der Waals surface area contributed by atoms with E-state index in [2.05, 4.69) is 44.1 Å². The van der Waals surface area contributed by atoms with Gasteiger partial charge in [0.15, 0.2) is 0 Å². The Hall–Kier alpha value is -0.590. The first-order chi connectivity index (χ1) is 8.04. The van der Waals surface area contributed by atoms with Crippen LogP contribution in [0.1, 0.15) is 46.5 Å². The van der Waals surface area contributed by atoms with Crippen molar-refractivity contribution in [2.24, 2.45) is 5.92 Å². The third-order valence-corrected chi connectivity index (χ3v) is 3.97. The van der Waals surface area contributed by atoms with E-state index in [9.17, 15) is 5.26 Å². The van der Waals surface area contributed by atoms with Gasteiger partial charge in [0, 0.05) is 6.04 Å². The summed E-state index contributed by atoms with van der Waals surface area (Å²) < 4.78 is 0. The molecule has 2 atom stereocenters. The molecule has 1 N–H and O–H groups in total. The summed E-state index contributed by atoms with van der Waals surface area (Å²) in [4.78, 5) is 2.33. The number of nitrogens with zero attached hydrogens (tertiary/aromatic N) is 2. The van der Waals surface area contributed by atoms with Gasteiger partial charge in [0.2, 0.25) is 0 Å². The van der Waals surface area contributed by atoms with E-state index in [1.54, 1.807) is 0 Å². The Bertz CT molecular complexity index is 269. The average Bonchev–Trinajstić information content (AvgIpc) is 2.68. The smallest absolute Gasteiger partial charge is 0.109 e. The Morgan fingerprint density at radius 2 is 2.24 bits per heavy atom. The van der Waals surface area contributed by atoms with Crippen LogP contribution in [0, 0.1) is 17.2 Å². The Morgan fingerprint density at radius 3 is 2.76 bits per heavy atom. The van der Waals surface area contributed by atoms with Crippen molar-refractivity contribution in [2.45, 2.75) is 58.0 Å². The van der Waals surface area contributed by atoms with Crippen LogP contribution in [0.25, 0.3) is 0 Å². The normalized spacial score (nSPS) is 28.9. The average molecular weight is 237 g/mol. The van der Waals surface area contributed by atoms with E-state index in [1.165, 1.54) is 12.8 Å². The molecular weight excluding hydrogens is 210 g/mol. The van der Waals surface area contributed by atoms with Gasteiger partial charge in [0.25, 0.3) is 0 Å². The molecule has 0 bridgehead atoms. The molecule has 0 amide bonds. The monoisotopic (exact) mass is 237 g/mol. The molecule has 98 valence electrons. The SMILES string of the molecule is CCN(C)CCC1CCCC1(C#N)NC(C)C. The third-order valence-electron chi connectivity index (χ3n) is 3.97. The first kappa shape index (κ1) is 14.5. The van der Waals surface area contributed by atoms with Gasteiger partial charge in [-0.1, -0.05) is 13.3 Å². The van der Waals surface area contributed by atoms with Crippen molar-refractivity contribution in [3.05, 3.63) is 0 Å². The van der Waals surface area contributed by atoms with Gasteiger partial charge >= 0.3 is 0 Å². The number of hydrogen-bond donors (Lipinski definition) is 1. The maximum Gasteiger partial charge on any atom is 0.109 e. The molecule has 0 saturated heterocycles. The van der Waals surface area contributed by atoms with Gasteiger partial charge in [-0.3, -0.25) is 5.32 Å². The molecule has 3 heteroatoms. The Balaban J connectivity index is 2.60. The van der Waals surface area contributed by atoms with Crippen molar-refractivity contribution < 1.29 is 0 Å². The zero-order valence-electron chi connectivity index (χ0n) is 11.8. The minimum absolute atomic E-state index is 0.261. The lowest BCUT2D eigenvalue weighted by Gasteiger charge is -2.32. The highest BCUT2D eigenvalue weighted by atomic mass is 15.1. The van der Waals surface area contributed by atoms with Crippen LogP contribution in [0.5, 0.6) is 0 Å². The van der Waals surface area contributed by atoms with Gasteiger partial charge in [-0.2, -0.15) is 5.26 Å². The van der Waals surface area contributed by atoms with E-state index in [4.69, 9.17) is 0 Å². The van der Waals surface area contributed by atoms with Crippen LogP contribution in [0.15, 0.2) is 0 Å². The maximum absolute atomic E-state index is 9.53. The number of rotatable bonds is 6. The summed E-state index contributed by atoms with van der Waals surface area (Å²) in [5.41, 5.74) is -0.261. The van der Waals surface area contributed by atoms with E-state index in [0.717, 1.165) is 25.9 Å². The molecule has 1 aliphatic rings. The minimum atomic E-state index is -0.261. The van der Waals surface area contributed by atoms with Gasteiger partial charge in [0.05, 0.1) is 6.07 Å². The molecule has 1 rings (SSSR count). The van der Waals surface area contributed by atoms with Crippen molar-refractivity contribution in [3.63, 3.8) is 0 Å². The fourth-order valence-corrected chi connectivity index (χ4v) is 2.89. The number of nitrogens with one attached hydrogen (secondary N) is 1. The lowest BCUT2D eigenvalue weighted by atomic mass is 9.85. The first-order valence-corrected chi connectivity index (χ1v) is 6.91. The second-order valence-corrected chi connectivity index (χ2v) is 5.66. The van der Waals surface area contributed by atoms with Gasteiger partial charge < -0.3 is 4.90 Å². The van der Waals surface area contributed by atoms with E-state index in [-0.39, 0.29) is 5.54 Å². The van der Waals surface area contributed by atoms with Crippen molar-refractivity contribution in [1.29, 1.82) is 5.26 Å². The molecule has 0 aromatic heterocycles. The molecule has 0 aliphatic heterocycles. The van der Waals surface area contributed by atoms with Gasteiger partial charge in [0.1, 0.15) is 5.54 Å². The molecule has 0 aromatic rings. The summed E-state index contributed by atoms with van der Waals surface area (Å²) in [7, 11) is 2.15. The molecular formula is C14H27N3. The highest BCUT2D eigenvalue weighted by molar-refractivity contribution is 5.14. The lowest BCUT2D eigenvalue weighted by molar-refractivity contribution is 0.244. The molecule has 17 heavy (non-hydrogen) atoms. The van der Waals surface area contributed by atoms with E-state index < -0.39 is 0 Å². The molecule has 2 unspecified atom stereocenters. The predicted octanol–water partition coefficient (Wildman–Crippen LogP) is 2.39. The fraction of sp³-hybridized carbons (Fsp3) is 0.929. The Morgan fingerprint density at radius 1 is 1.53 bits per heavy atom. The molecule has 1 saturated carbocycles. The van der Waals surface area contributed by atoms with Crippen LogP contribution in [0.2, 0.25) is 0 Å².